The van der Waals surface area contributed by atoms with E-state index in [1.165, 1.54) is 0 Å². The average Bonchev–Trinajstić information content (AvgIpc) is 2.59. The molecule has 0 spiro atoms. The van der Waals surface area contributed by atoms with Gasteiger partial charge < -0.3 is 14.8 Å². The molecule has 0 bridgehead atoms. The molecule has 0 saturated heterocycles. The molecule has 24 heavy (non-hydrogen) atoms. The Morgan fingerprint density at radius 2 is 1.79 bits per heavy atom. The molecule has 0 aliphatic heterocycles. The molecule has 5 heteroatoms. The Hall–Kier alpha value is -2.20. The summed E-state index contributed by atoms with van der Waals surface area (Å²) >= 11 is 5.85. The van der Waals surface area contributed by atoms with Gasteiger partial charge in [0.25, 0.3) is 0 Å². The molecule has 1 atom stereocenters. The summed E-state index contributed by atoms with van der Waals surface area (Å²) in [5, 5.41) is 3.64. The number of nitrogens with one attached hydrogen (secondary N) is 1. The molecule has 0 radical (unpaired) electrons. The molecule has 0 aliphatic carbocycles. The molecule has 0 heterocycles. The summed E-state index contributed by atoms with van der Waals surface area (Å²) in [7, 11) is 1.60. The highest BCUT2D eigenvalue weighted by Gasteiger charge is 2.10. The van der Waals surface area contributed by atoms with Crippen LogP contribution in [0.1, 0.15) is 18.9 Å². The Kier molecular flexibility index (Phi) is 6.94. The monoisotopic (exact) mass is 347 g/mol. The lowest BCUT2D eigenvalue weighted by Crippen LogP contribution is -2.36. The predicted molar refractivity (Wildman–Crippen MR) is 95.9 cm³/mol. The van der Waals surface area contributed by atoms with Gasteiger partial charge in [0.1, 0.15) is 6.61 Å². The van der Waals surface area contributed by atoms with E-state index in [4.69, 9.17) is 21.1 Å². The Balaban J connectivity index is 1.74. The van der Waals surface area contributed by atoms with Crippen molar-refractivity contribution in [1.29, 1.82) is 0 Å². The minimum Gasteiger partial charge on any atom is -0.493 e. The Bertz CT molecular complexity index is 658. The smallest absolute Gasteiger partial charge is 0.220 e. The fourth-order valence-electron chi connectivity index (χ4n) is 2.25. The van der Waals surface area contributed by atoms with Gasteiger partial charge in [-0.25, -0.2) is 0 Å². The zero-order chi connectivity index (χ0) is 17.4. The van der Waals surface area contributed by atoms with Gasteiger partial charge in [-0.1, -0.05) is 35.9 Å². The van der Waals surface area contributed by atoms with E-state index in [0.29, 0.717) is 36.0 Å². The van der Waals surface area contributed by atoms with Crippen LogP contribution in [0.2, 0.25) is 5.02 Å². The average molecular weight is 348 g/mol. The van der Waals surface area contributed by atoms with Crippen molar-refractivity contribution in [1.82, 2.24) is 5.32 Å². The van der Waals surface area contributed by atoms with Crippen LogP contribution < -0.4 is 14.8 Å². The SMILES string of the molecule is COc1ccccc1OC[C@H](C)NC(=O)CCc1ccc(Cl)cc1. The summed E-state index contributed by atoms with van der Waals surface area (Å²) in [5.41, 5.74) is 1.09. The summed E-state index contributed by atoms with van der Waals surface area (Å²) in [5.74, 6) is 1.35. The number of rotatable bonds is 8. The van der Waals surface area contributed by atoms with Gasteiger partial charge in [0, 0.05) is 11.4 Å². The van der Waals surface area contributed by atoms with Crippen molar-refractivity contribution in [2.24, 2.45) is 0 Å². The quantitative estimate of drug-likeness (QED) is 0.788. The van der Waals surface area contributed by atoms with Crippen molar-refractivity contribution in [2.45, 2.75) is 25.8 Å². The Labute approximate surface area is 147 Å². The number of benzene rings is 2. The van der Waals surface area contributed by atoms with Gasteiger partial charge in [-0.2, -0.15) is 0 Å². The van der Waals surface area contributed by atoms with Crippen LogP contribution in [-0.2, 0) is 11.2 Å². The normalized spacial score (nSPS) is 11.6. The second-order valence-electron chi connectivity index (χ2n) is 5.56. The number of halogens is 1. The third-order valence-electron chi connectivity index (χ3n) is 3.52. The third kappa shape index (κ3) is 5.78. The lowest BCUT2D eigenvalue weighted by Gasteiger charge is -2.16. The molecule has 0 aliphatic rings. The Morgan fingerprint density at radius 1 is 1.12 bits per heavy atom. The fraction of sp³-hybridized carbons (Fsp3) is 0.316. The first kappa shape index (κ1) is 18.1. The van der Waals surface area contributed by atoms with Gasteiger partial charge in [0.05, 0.1) is 13.2 Å². The van der Waals surface area contributed by atoms with Crippen LogP contribution in [0, 0.1) is 0 Å². The fourth-order valence-corrected chi connectivity index (χ4v) is 2.38. The number of amides is 1. The van der Waals surface area contributed by atoms with E-state index in [9.17, 15) is 4.79 Å². The zero-order valence-electron chi connectivity index (χ0n) is 13.9. The predicted octanol–water partition coefficient (Wildman–Crippen LogP) is 3.86. The summed E-state index contributed by atoms with van der Waals surface area (Å²) in [6.45, 7) is 2.29. The molecule has 2 aromatic rings. The highest BCUT2D eigenvalue weighted by Crippen LogP contribution is 2.25. The lowest BCUT2D eigenvalue weighted by atomic mass is 10.1. The first-order valence-corrected chi connectivity index (χ1v) is 8.26. The number of aryl methyl sites for hydroxylation is 1. The minimum atomic E-state index is -0.0902. The standard InChI is InChI=1S/C19H22ClNO3/c1-14(13-24-18-6-4-3-5-17(18)23-2)21-19(22)12-9-15-7-10-16(20)11-8-15/h3-8,10-11,14H,9,12-13H2,1-2H3,(H,21,22)/t14-/m0/s1. The van der Waals surface area contributed by atoms with E-state index in [0.717, 1.165) is 5.56 Å². The van der Waals surface area contributed by atoms with Gasteiger partial charge in [-0.15, -0.1) is 0 Å². The highest BCUT2D eigenvalue weighted by atomic mass is 35.5. The number of para-hydroxylation sites is 2. The maximum Gasteiger partial charge on any atom is 0.220 e. The van der Waals surface area contributed by atoms with E-state index < -0.39 is 0 Å². The van der Waals surface area contributed by atoms with Crippen LogP contribution in [0.4, 0.5) is 0 Å². The minimum absolute atomic E-state index is 0.000997. The lowest BCUT2D eigenvalue weighted by molar-refractivity contribution is -0.121. The summed E-state index contributed by atoms with van der Waals surface area (Å²) < 4.78 is 10.9. The van der Waals surface area contributed by atoms with Crippen molar-refractivity contribution in [3.05, 3.63) is 59.1 Å². The molecule has 1 N–H and O–H groups in total. The number of carbonyl (C=O) groups is 1. The van der Waals surface area contributed by atoms with Crippen molar-refractivity contribution >= 4 is 17.5 Å². The van der Waals surface area contributed by atoms with Crippen LogP contribution in [0.3, 0.4) is 0 Å². The first-order chi connectivity index (χ1) is 11.6. The van der Waals surface area contributed by atoms with E-state index in [2.05, 4.69) is 5.32 Å². The third-order valence-corrected chi connectivity index (χ3v) is 3.77. The summed E-state index contributed by atoms with van der Waals surface area (Å²) in [6.07, 6.45) is 1.11. The van der Waals surface area contributed by atoms with Crippen molar-refractivity contribution < 1.29 is 14.3 Å². The molecule has 4 nitrogen and oxygen atoms in total. The molecule has 128 valence electrons. The van der Waals surface area contributed by atoms with Gasteiger partial charge in [-0.3, -0.25) is 4.79 Å². The largest absolute Gasteiger partial charge is 0.493 e. The van der Waals surface area contributed by atoms with E-state index in [1.54, 1.807) is 7.11 Å². The highest BCUT2D eigenvalue weighted by molar-refractivity contribution is 6.30. The number of carbonyl (C=O) groups excluding carboxylic acids is 1. The van der Waals surface area contributed by atoms with Crippen LogP contribution in [0.25, 0.3) is 0 Å². The van der Waals surface area contributed by atoms with Gasteiger partial charge >= 0.3 is 0 Å². The van der Waals surface area contributed by atoms with Crippen LogP contribution >= 0.6 is 11.6 Å². The molecule has 1 amide bonds. The maximum absolute atomic E-state index is 12.0. The second kappa shape index (κ2) is 9.18. The number of hydrogen-bond acceptors (Lipinski definition) is 3. The molecular formula is C19H22ClNO3. The van der Waals surface area contributed by atoms with Crippen LogP contribution in [-0.4, -0.2) is 25.7 Å². The maximum atomic E-state index is 12.0. The first-order valence-electron chi connectivity index (χ1n) is 7.88. The van der Waals surface area contributed by atoms with Gasteiger partial charge in [0.15, 0.2) is 11.5 Å². The van der Waals surface area contributed by atoms with Crippen LogP contribution in [0.15, 0.2) is 48.5 Å². The molecule has 0 aromatic heterocycles. The second-order valence-corrected chi connectivity index (χ2v) is 5.99. The van der Waals surface area contributed by atoms with Gasteiger partial charge in [-0.05, 0) is 43.2 Å². The molecule has 2 rings (SSSR count). The molecule has 0 saturated carbocycles. The van der Waals surface area contributed by atoms with E-state index >= 15 is 0 Å². The topological polar surface area (TPSA) is 47.6 Å². The zero-order valence-corrected chi connectivity index (χ0v) is 14.7. The van der Waals surface area contributed by atoms with E-state index in [-0.39, 0.29) is 11.9 Å². The summed E-state index contributed by atoms with van der Waals surface area (Å²) in [4.78, 5) is 12.0. The van der Waals surface area contributed by atoms with Gasteiger partial charge in [0.2, 0.25) is 5.91 Å². The van der Waals surface area contributed by atoms with Crippen molar-refractivity contribution in [3.8, 4) is 11.5 Å². The molecule has 2 aromatic carbocycles. The van der Waals surface area contributed by atoms with Crippen molar-refractivity contribution in [3.63, 3.8) is 0 Å². The number of hydrogen-bond donors (Lipinski definition) is 1. The number of ether oxygens (including phenoxy) is 2. The molecule has 0 fully saturated rings. The summed E-state index contributed by atoms with van der Waals surface area (Å²) in [6, 6.07) is 14.9. The molecule has 0 unspecified atom stereocenters. The van der Waals surface area contributed by atoms with E-state index in [1.807, 2.05) is 55.5 Å². The molecular weight excluding hydrogens is 326 g/mol. The van der Waals surface area contributed by atoms with Crippen LogP contribution in [0.5, 0.6) is 11.5 Å². The van der Waals surface area contributed by atoms with Crippen molar-refractivity contribution in [2.75, 3.05) is 13.7 Å². The number of methoxy groups -OCH3 is 1. The Morgan fingerprint density at radius 3 is 2.46 bits per heavy atom.